The molecule has 0 aliphatic rings. The van der Waals surface area contributed by atoms with Crippen molar-refractivity contribution in [2.75, 3.05) is 7.11 Å². The first-order chi connectivity index (χ1) is 6.69. The van der Waals surface area contributed by atoms with E-state index in [1.807, 2.05) is 0 Å². The zero-order valence-electron chi connectivity index (χ0n) is 7.57. The van der Waals surface area contributed by atoms with E-state index in [1.54, 1.807) is 0 Å². The van der Waals surface area contributed by atoms with Crippen molar-refractivity contribution in [3.05, 3.63) is 35.6 Å². The number of hydrogen-bond donors (Lipinski definition) is 0. The van der Waals surface area contributed by atoms with Gasteiger partial charge in [-0.15, -0.1) is 0 Å². The van der Waals surface area contributed by atoms with Crippen LogP contribution in [-0.2, 0) is 14.3 Å². The Morgan fingerprint density at radius 3 is 2.79 bits per heavy atom. The van der Waals surface area contributed by atoms with Crippen LogP contribution >= 0.6 is 0 Å². The van der Waals surface area contributed by atoms with Gasteiger partial charge in [-0.1, -0.05) is 12.1 Å². The molecule has 14 heavy (non-hydrogen) atoms. The molecule has 0 heterocycles. The van der Waals surface area contributed by atoms with E-state index in [4.69, 9.17) is 0 Å². The van der Waals surface area contributed by atoms with Crippen LogP contribution in [0.2, 0.25) is 0 Å². The van der Waals surface area contributed by atoms with Crippen LogP contribution in [0.25, 0.3) is 0 Å². The summed E-state index contributed by atoms with van der Waals surface area (Å²) in [4.78, 5) is 21.7. The van der Waals surface area contributed by atoms with Crippen molar-refractivity contribution in [2.45, 2.75) is 5.92 Å². The second-order valence-corrected chi connectivity index (χ2v) is 2.69. The van der Waals surface area contributed by atoms with Gasteiger partial charge in [-0.3, -0.25) is 4.79 Å². The molecule has 0 aromatic heterocycles. The van der Waals surface area contributed by atoms with Crippen molar-refractivity contribution in [1.29, 1.82) is 0 Å². The summed E-state index contributed by atoms with van der Waals surface area (Å²) in [6.45, 7) is 0. The lowest BCUT2D eigenvalue weighted by atomic mass is 10.0. The van der Waals surface area contributed by atoms with Crippen molar-refractivity contribution >= 4 is 12.3 Å². The number of carbonyl (C=O) groups is 2. The van der Waals surface area contributed by atoms with E-state index in [2.05, 4.69) is 4.74 Å². The summed E-state index contributed by atoms with van der Waals surface area (Å²) in [6, 6.07) is 5.31. The molecule has 0 aliphatic carbocycles. The summed E-state index contributed by atoms with van der Waals surface area (Å²) in [5.74, 6) is -2.22. The number of aldehydes is 1. The van der Waals surface area contributed by atoms with E-state index in [0.717, 1.165) is 6.07 Å². The quantitative estimate of drug-likeness (QED) is 0.415. The van der Waals surface area contributed by atoms with Gasteiger partial charge >= 0.3 is 5.97 Å². The molecule has 4 heteroatoms. The molecular weight excluding hydrogens is 187 g/mol. The fraction of sp³-hybridized carbons (Fsp3) is 0.200. The lowest BCUT2D eigenvalue weighted by Crippen LogP contribution is -2.15. The molecule has 1 rings (SSSR count). The number of hydrogen-bond acceptors (Lipinski definition) is 3. The maximum absolute atomic E-state index is 12.8. The molecule has 0 aliphatic heterocycles. The first kappa shape index (κ1) is 10.4. The molecule has 0 fully saturated rings. The van der Waals surface area contributed by atoms with E-state index in [9.17, 15) is 14.0 Å². The van der Waals surface area contributed by atoms with Gasteiger partial charge in [0.15, 0.2) is 0 Å². The first-order valence-electron chi connectivity index (χ1n) is 3.97. The predicted octanol–water partition coefficient (Wildman–Crippen LogP) is 1.28. The summed E-state index contributed by atoms with van der Waals surface area (Å²) < 4.78 is 17.2. The SMILES string of the molecule is COC(=O)[C@@H](C=O)c1cccc(F)c1. The lowest BCUT2D eigenvalue weighted by Gasteiger charge is -2.07. The minimum absolute atomic E-state index is 0.298. The van der Waals surface area contributed by atoms with E-state index in [-0.39, 0.29) is 0 Å². The molecule has 0 saturated heterocycles. The van der Waals surface area contributed by atoms with Crippen molar-refractivity contribution < 1.29 is 18.7 Å². The molecule has 0 N–H and O–H groups in total. The van der Waals surface area contributed by atoms with Gasteiger partial charge in [-0.25, -0.2) is 4.39 Å². The van der Waals surface area contributed by atoms with Gasteiger partial charge in [0.2, 0.25) is 0 Å². The first-order valence-corrected chi connectivity index (χ1v) is 3.97. The summed E-state index contributed by atoms with van der Waals surface area (Å²) in [7, 11) is 1.18. The van der Waals surface area contributed by atoms with Gasteiger partial charge in [0.1, 0.15) is 18.0 Å². The second-order valence-electron chi connectivity index (χ2n) is 2.69. The lowest BCUT2D eigenvalue weighted by molar-refractivity contribution is -0.143. The monoisotopic (exact) mass is 196 g/mol. The molecule has 1 atom stereocenters. The number of esters is 1. The zero-order valence-corrected chi connectivity index (χ0v) is 7.57. The van der Waals surface area contributed by atoms with Crippen LogP contribution in [0.3, 0.4) is 0 Å². The molecule has 3 nitrogen and oxygen atoms in total. The van der Waals surface area contributed by atoms with E-state index >= 15 is 0 Å². The van der Waals surface area contributed by atoms with E-state index in [0.29, 0.717) is 11.8 Å². The number of methoxy groups -OCH3 is 1. The zero-order chi connectivity index (χ0) is 10.6. The Labute approximate surface area is 80.5 Å². The number of rotatable bonds is 3. The molecule has 0 radical (unpaired) electrons. The van der Waals surface area contributed by atoms with Crippen molar-refractivity contribution in [3.63, 3.8) is 0 Å². The summed E-state index contributed by atoms with van der Waals surface area (Å²) in [5.41, 5.74) is 0.298. The molecule has 0 amide bonds. The van der Waals surface area contributed by atoms with Crippen molar-refractivity contribution in [2.24, 2.45) is 0 Å². The fourth-order valence-corrected chi connectivity index (χ4v) is 1.10. The van der Waals surface area contributed by atoms with Gasteiger partial charge in [0.05, 0.1) is 7.11 Å². The van der Waals surface area contributed by atoms with Crippen LogP contribution in [0.5, 0.6) is 0 Å². The van der Waals surface area contributed by atoms with Gasteiger partial charge in [-0.2, -0.15) is 0 Å². The average molecular weight is 196 g/mol. The Bertz CT molecular complexity index is 349. The highest BCUT2D eigenvalue weighted by Crippen LogP contribution is 2.15. The molecule has 1 aromatic rings. The van der Waals surface area contributed by atoms with Gasteiger partial charge in [0, 0.05) is 0 Å². The van der Waals surface area contributed by atoms with Gasteiger partial charge < -0.3 is 9.53 Å². The fourth-order valence-electron chi connectivity index (χ4n) is 1.10. The highest BCUT2D eigenvalue weighted by Gasteiger charge is 2.20. The van der Waals surface area contributed by atoms with Crippen LogP contribution in [-0.4, -0.2) is 19.4 Å². The number of halogens is 1. The number of benzene rings is 1. The van der Waals surface area contributed by atoms with Crippen LogP contribution in [0, 0.1) is 5.82 Å². The van der Waals surface area contributed by atoms with Gasteiger partial charge in [0.25, 0.3) is 0 Å². The third-order valence-electron chi connectivity index (χ3n) is 1.80. The number of ether oxygens (including phenoxy) is 1. The van der Waals surface area contributed by atoms with E-state index < -0.39 is 17.7 Å². The van der Waals surface area contributed by atoms with Crippen LogP contribution in [0.4, 0.5) is 4.39 Å². The second kappa shape index (κ2) is 4.50. The molecule has 0 spiro atoms. The topological polar surface area (TPSA) is 43.4 Å². The largest absolute Gasteiger partial charge is 0.468 e. The predicted molar refractivity (Wildman–Crippen MR) is 47.2 cm³/mol. The Balaban J connectivity index is 3.00. The summed E-state index contributed by atoms with van der Waals surface area (Å²) in [5, 5.41) is 0. The highest BCUT2D eigenvalue weighted by atomic mass is 19.1. The Hall–Kier alpha value is -1.71. The standard InChI is InChI=1S/C10H9FO3/c1-14-10(13)9(6-12)7-3-2-4-8(11)5-7/h2-6,9H,1H3/t9-/m0/s1. The normalized spacial score (nSPS) is 11.9. The van der Waals surface area contributed by atoms with Crippen LogP contribution in [0.15, 0.2) is 24.3 Å². The summed E-state index contributed by atoms with van der Waals surface area (Å²) >= 11 is 0. The Morgan fingerprint density at radius 2 is 2.29 bits per heavy atom. The number of carbonyl (C=O) groups excluding carboxylic acids is 2. The molecule has 0 unspecified atom stereocenters. The smallest absolute Gasteiger partial charge is 0.320 e. The van der Waals surface area contributed by atoms with Crippen LogP contribution in [0.1, 0.15) is 11.5 Å². The molecule has 1 aromatic carbocycles. The Morgan fingerprint density at radius 1 is 1.57 bits per heavy atom. The van der Waals surface area contributed by atoms with Crippen molar-refractivity contribution in [1.82, 2.24) is 0 Å². The molecule has 0 saturated carbocycles. The maximum Gasteiger partial charge on any atom is 0.320 e. The molecule has 74 valence electrons. The van der Waals surface area contributed by atoms with E-state index in [1.165, 1.54) is 25.3 Å². The third-order valence-corrected chi connectivity index (χ3v) is 1.80. The molecule has 0 bridgehead atoms. The Kier molecular flexibility index (Phi) is 3.34. The minimum Gasteiger partial charge on any atom is -0.468 e. The van der Waals surface area contributed by atoms with Gasteiger partial charge in [-0.05, 0) is 17.7 Å². The van der Waals surface area contributed by atoms with Crippen molar-refractivity contribution in [3.8, 4) is 0 Å². The highest BCUT2D eigenvalue weighted by molar-refractivity contribution is 5.94. The summed E-state index contributed by atoms with van der Waals surface area (Å²) in [6.07, 6.45) is 0.431. The minimum atomic E-state index is -1.05. The maximum atomic E-state index is 12.8. The van der Waals surface area contributed by atoms with Crippen LogP contribution < -0.4 is 0 Å². The average Bonchev–Trinajstić information content (AvgIpc) is 2.19. The third kappa shape index (κ3) is 2.16. The molecular formula is C10H9FO3.